The van der Waals surface area contributed by atoms with Crippen molar-refractivity contribution in [1.29, 1.82) is 0 Å². The van der Waals surface area contributed by atoms with Gasteiger partial charge in [-0.2, -0.15) is 5.10 Å². The number of benzene rings is 1. The van der Waals surface area contributed by atoms with Crippen LogP contribution in [-0.2, 0) is 27.5 Å². The van der Waals surface area contributed by atoms with E-state index < -0.39 is 31.9 Å². The van der Waals surface area contributed by atoms with Crippen molar-refractivity contribution in [2.24, 2.45) is 0 Å². The highest BCUT2D eigenvalue weighted by molar-refractivity contribution is 7.94. The van der Waals surface area contributed by atoms with Gasteiger partial charge in [0.2, 0.25) is 0 Å². The number of sulfone groups is 1. The monoisotopic (exact) mass is 519 g/mol. The molecular formula is C25H33N3O7S. The topological polar surface area (TPSA) is 128 Å². The Bertz CT molecular complexity index is 1260. The highest BCUT2D eigenvalue weighted by atomic mass is 32.2. The first-order chi connectivity index (χ1) is 17.0. The minimum atomic E-state index is -3.71. The summed E-state index contributed by atoms with van der Waals surface area (Å²) in [7, 11) is -2.13. The predicted octanol–water partition coefficient (Wildman–Crippen LogP) is 1.83. The van der Waals surface area contributed by atoms with E-state index in [1.165, 1.54) is 18.5 Å². The molecule has 0 spiro atoms. The molecule has 2 aromatic rings. The number of aliphatic hydroxyl groups is 1. The summed E-state index contributed by atoms with van der Waals surface area (Å²) >= 11 is 0. The number of hydrogen-bond acceptors (Lipinski definition) is 8. The molecule has 36 heavy (non-hydrogen) atoms. The number of methoxy groups -OCH3 is 1. The second-order valence-corrected chi connectivity index (χ2v) is 13.0. The predicted molar refractivity (Wildman–Crippen MR) is 132 cm³/mol. The highest BCUT2D eigenvalue weighted by Gasteiger charge is 2.60. The molecule has 1 amide bonds. The highest BCUT2D eigenvalue weighted by Crippen LogP contribution is 2.49. The molecule has 0 bridgehead atoms. The molecule has 0 radical (unpaired) electrons. The lowest BCUT2D eigenvalue weighted by atomic mass is 10.0. The summed E-state index contributed by atoms with van der Waals surface area (Å²) in [6.07, 6.45) is 1.24. The van der Waals surface area contributed by atoms with Gasteiger partial charge in [0.25, 0.3) is 5.91 Å². The zero-order valence-corrected chi connectivity index (χ0v) is 21.9. The van der Waals surface area contributed by atoms with Gasteiger partial charge >= 0.3 is 5.97 Å². The molecule has 1 aromatic carbocycles. The lowest BCUT2D eigenvalue weighted by molar-refractivity contribution is 0.0517. The summed E-state index contributed by atoms with van der Waals surface area (Å²) < 4.78 is 36.2. The molecule has 1 aromatic heterocycles. The van der Waals surface area contributed by atoms with Crippen molar-refractivity contribution in [3.8, 4) is 5.75 Å². The Hall–Kier alpha value is -2.92. The quantitative estimate of drug-likeness (QED) is 0.471. The summed E-state index contributed by atoms with van der Waals surface area (Å²) in [6, 6.07) is 7.31. The van der Waals surface area contributed by atoms with Crippen LogP contribution in [0.4, 0.5) is 0 Å². The molecule has 1 saturated carbocycles. The van der Waals surface area contributed by atoms with Crippen LogP contribution in [0.15, 0.2) is 24.3 Å². The molecule has 0 saturated heterocycles. The number of ether oxygens (including phenoxy) is 2. The van der Waals surface area contributed by atoms with Crippen molar-refractivity contribution in [3.05, 3.63) is 46.8 Å². The Morgan fingerprint density at radius 1 is 1.22 bits per heavy atom. The first-order valence-electron chi connectivity index (χ1n) is 12.0. The number of esters is 1. The van der Waals surface area contributed by atoms with Gasteiger partial charge in [-0.25, -0.2) is 13.2 Å². The molecule has 1 N–H and O–H groups in total. The fraction of sp³-hybridized carbons (Fsp3) is 0.560. The Kier molecular flexibility index (Phi) is 6.91. The van der Waals surface area contributed by atoms with Gasteiger partial charge < -0.3 is 19.5 Å². The van der Waals surface area contributed by atoms with Gasteiger partial charge in [0.05, 0.1) is 36.4 Å². The molecule has 196 valence electrons. The van der Waals surface area contributed by atoms with E-state index in [2.05, 4.69) is 5.10 Å². The summed E-state index contributed by atoms with van der Waals surface area (Å²) in [5, 5.41) is 14.2. The van der Waals surface area contributed by atoms with Gasteiger partial charge in [0.15, 0.2) is 15.5 Å². The fourth-order valence-corrected chi connectivity index (χ4v) is 6.98. The first-order valence-corrected chi connectivity index (χ1v) is 13.5. The van der Waals surface area contributed by atoms with Crippen LogP contribution < -0.4 is 4.74 Å². The lowest BCUT2D eigenvalue weighted by Crippen LogP contribution is -2.51. The molecule has 0 unspecified atom stereocenters. The largest absolute Gasteiger partial charge is 0.497 e. The Morgan fingerprint density at radius 3 is 2.44 bits per heavy atom. The van der Waals surface area contributed by atoms with Gasteiger partial charge in [-0.1, -0.05) is 12.1 Å². The molecule has 2 aliphatic rings. The number of aromatic nitrogens is 2. The molecule has 1 fully saturated rings. The SMILES string of the molecule is CCOC(=O)c1nn(Cc2ccc(OC)cc2)c2c1CCN(CC1(S(=O)(=O)C(C)(C)CO)CC1)C2=O. The van der Waals surface area contributed by atoms with E-state index in [1.54, 1.807) is 31.1 Å². The second kappa shape index (κ2) is 9.51. The van der Waals surface area contributed by atoms with E-state index >= 15 is 0 Å². The van der Waals surface area contributed by atoms with Gasteiger partial charge in [0.1, 0.15) is 11.4 Å². The van der Waals surface area contributed by atoms with Crippen LogP contribution in [0.2, 0.25) is 0 Å². The Labute approximate surface area is 211 Å². The number of carbonyl (C=O) groups is 2. The van der Waals surface area contributed by atoms with Crippen molar-refractivity contribution in [3.63, 3.8) is 0 Å². The molecular weight excluding hydrogens is 486 g/mol. The maximum Gasteiger partial charge on any atom is 0.359 e. The van der Waals surface area contributed by atoms with E-state index in [9.17, 15) is 23.1 Å². The second-order valence-electron chi connectivity index (χ2n) is 9.98. The lowest BCUT2D eigenvalue weighted by Gasteiger charge is -2.34. The first kappa shape index (κ1) is 26.2. The maximum absolute atomic E-state index is 13.7. The van der Waals surface area contributed by atoms with Crippen molar-refractivity contribution in [2.75, 3.05) is 33.4 Å². The van der Waals surface area contributed by atoms with Crippen LogP contribution in [-0.4, -0.2) is 83.0 Å². The molecule has 1 aliphatic carbocycles. The average molecular weight is 520 g/mol. The smallest absolute Gasteiger partial charge is 0.359 e. The third-order valence-corrected chi connectivity index (χ3v) is 10.4. The molecule has 2 heterocycles. The molecule has 4 rings (SSSR count). The van der Waals surface area contributed by atoms with Crippen molar-refractivity contribution < 1.29 is 32.6 Å². The van der Waals surface area contributed by atoms with Gasteiger partial charge in [-0.3, -0.25) is 9.48 Å². The fourth-order valence-electron chi connectivity index (χ4n) is 4.68. The minimum absolute atomic E-state index is 0.0412. The number of aliphatic hydroxyl groups excluding tert-OH is 1. The normalized spacial score (nSPS) is 17.0. The Morgan fingerprint density at radius 2 is 1.89 bits per heavy atom. The molecule has 10 nitrogen and oxygen atoms in total. The number of amides is 1. The van der Waals surface area contributed by atoms with Crippen LogP contribution >= 0.6 is 0 Å². The van der Waals surface area contributed by atoms with E-state index in [0.717, 1.165) is 5.56 Å². The van der Waals surface area contributed by atoms with Crippen molar-refractivity contribution in [1.82, 2.24) is 14.7 Å². The molecule has 1 aliphatic heterocycles. The summed E-state index contributed by atoms with van der Waals surface area (Å²) in [5.74, 6) is -0.261. The summed E-state index contributed by atoms with van der Waals surface area (Å²) in [5.41, 5.74) is 1.76. The third-order valence-electron chi connectivity index (χ3n) is 7.10. The maximum atomic E-state index is 13.7. The van der Waals surface area contributed by atoms with Crippen molar-refractivity contribution >= 4 is 21.7 Å². The van der Waals surface area contributed by atoms with Crippen LogP contribution in [0, 0.1) is 0 Å². The van der Waals surface area contributed by atoms with Crippen LogP contribution in [0.1, 0.15) is 65.7 Å². The van der Waals surface area contributed by atoms with E-state index in [4.69, 9.17) is 9.47 Å². The molecule has 11 heteroatoms. The zero-order chi connectivity index (χ0) is 26.3. The zero-order valence-electron chi connectivity index (χ0n) is 21.1. The average Bonchev–Trinajstić information content (AvgIpc) is 3.56. The third kappa shape index (κ3) is 4.39. The van der Waals surface area contributed by atoms with Crippen LogP contribution in [0.25, 0.3) is 0 Å². The van der Waals surface area contributed by atoms with Crippen LogP contribution in [0.3, 0.4) is 0 Å². The van der Waals surface area contributed by atoms with E-state index in [1.807, 2.05) is 12.1 Å². The minimum Gasteiger partial charge on any atom is -0.497 e. The number of fused-ring (bicyclic) bond motifs is 1. The summed E-state index contributed by atoms with van der Waals surface area (Å²) in [4.78, 5) is 27.9. The number of nitrogens with zero attached hydrogens (tertiary/aromatic N) is 3. The van der Waals surface area contributed by atoms with Crippen LogP contribution in [0.5, 0.6) is 5.75 Å². The summed E-state index contributed by atoms with van der Waals surface area (Å²) in [6.45, 7) is 4.96. The number of hydrogen-bond donors (Lipinski definition) is 1. The van der Waals surface area contributed by atoms with E-state index in [0.29, 0.717) is 30.6 Å². The van der Waals surface area contributed by atoms with Crippen molar-refractivity contribution in [2.45, 2.75) is 56.1 Å². The van der Waals surface area contributed by atoms with Gasteiger partial charge in [0, 0.05) is 18.7 Å². The van der Waals surface area contributed by atoms with Gasteiger partial charge in [-0.05, 0) is 57.7 Å². The van der Waals surface area contributed by atoms with E-state index in [-0.39, 0.29) is 43.5 Å². The standard InChI is InChI=1S/C25H33N3O7S/c1-5-35-23(31)20-19-10-13-27(15-25(11-12-25)36(32,33)24(2,3)16-29)22(30)21(19)28(26-20)14-17-6-8-18(34-4)9-7-17/h6-9,29H,5,10-16H2,1-4H3. The number of carbonyl (C=O) groups excluding carboxylic acids is 2. The Balaban J connectivity index is 1.67. The van der Waals surface area contributed by atoms with Gasteiger partial charge in [-0.15, -0.1) is 0 Å². The molecule has 0 atom stereocenters. The number of rotatable bonds is 10.